The predicted octanol–water partition coefficient (Wildman–Crippen LogP) is 2.72. The molecule has 0 aliphatic heterocycles. The molecule has 110 valence electrons. The van der Waals surface area contributed by atoms with Crippen molar-refractivity contribution in [3.05, 3.63) is 29.3 Å². The Morgan fingerprint density at radius 3 is 2.50 bits per heavy atom. The van der Waals surface area contributed by atoms with Crippen molar-refractivity contribution >= 4 is 0 Å². The molecule has 3 rings (SSSR count). The first-order valence-electron chi connectivity index (χ1n) is 7.72. The molecule has 0 amide bonds. The van der Waals surface area contributed by atoms with Crippen molar-refractivity contribution in [1.82, 2.24) is 5.32 Å². The van der Waals surface area contributed by atoms with Crippen molar-refractivity contribution in [2.45, 2.75) is 63.6 Å². The topological polar surface area (TPSA) is 41.5 Å². The van der Waals surface area contributed by atoms with E-state index in [2.05, 4.69) is 37.4 Å². The Morgan fingerprint density at radius 1 is 1.20 bits per heavy atom. The van der Waals surface area contributed by atoms with Gasteiger partial charge in [0.15, 0.2) is 0 Å². The van der Waals surface area contributed by atoms with Gasteiger partial charge in [0.2, 0.25) is 0 Å². The van der Waals surface area contributed by atoms with Crippen molar-refractivity contribution < 1.29 is 9.84 Å². The number of aliphatic hydroxyl groups is 1. The van der Waals surface area contributed by atoms with Crippen LogP contribution in [0.3, 0.4) is 0 Å². The average Bonchev–Trinajstić information content (AvgIpc) is 3.09. The summed E-state index contributed by atoms with van der Waals surface area (Å²) in [7, 11) is 0. The zero-order valence-corrected chi connectivity index (χ0v) is 12.5. The van der Waals surface area contributed by atoms with Gasteiger partial charge in [-0.05, 0) is 62.8 Å². The summed E-state index contributed by atoms with van der Waals surface area (Å²) in [6.07, 6.45) is 5.67. The number of aliphatic hydroxyl groups excluding tert-OH is 1. The Labute approximate surface area is 121 Å². The Balaban J connectivity index is 1.64. The summed E-state index contributed by atoms with van der Waals surface area (Å²) in [5, 5.41) is 13.4. The zero-order valence-electron chi connectivity index (χ0n) is 12.5. The standard InChI is InChI=1S/C17H25NO2/c1-12-7-13(2)9-16(8-12)20-15-5-6-17(10-15,11-19)18-14-3-4-14/h7-9,14-15,18-19H,3-6,10-11H2,1-2H3. The van der Waals surface area contributed by atoms with Gasteiger partial charge >= 0.3 is 0 Å². The highest BCUT2D eigenvalue weighted by Gasteiger charge is 2.42. The summed E-state index contributed by atoms with van der Waals surface area (Å²) >= 11 is 0. The van der Waals surface area contributed by atoms with Gasteiger partial charge in [0, 0.05) is 18.0 Å². The third-order valence-corrected chi connectivity index (χ3v) is 4.45. The summed E-state index contributed by atoms with van der Waals surface area (Å²) in [5.41, 5.74) is 2.37. The minimum Gasteiger partial charge on any atom is -0.490 e. The first-order chi connectivity index (χ1) is 9.58. The Bertz CT molecular complexity index is 464. The van der Waals surface area contributed by atoms with Crippen molar-refractivity contribution in [3.8, 4) is 5.75 Å². The van der Waals surface area contributed by atoms with E-state index in [1.165, 1.54) is 24.0 Å². The summed E-state index contributed by atoms with van der Waals surface area (Å²) < 4.78 is 6.14. The quantitative estimate of drug-likeness (QED) is 0.868. The SMILES string of the molecule is Cc1cc(C)cc(OC2CCC(CO)(NC3CC3)C2)c1. The van der Waals surface area contributed by atoms with Gasteiger partial charge in [-0.1, -0.05) is 6.07 Å². The highest BCUT2D eigenvalue weighted by atomic mass is 16.5. The molecule has 2 atom stereocenters. The minimum absolute atomic E-state index is 0.106. The van der Waals surface area contributed by atoms with Crippen LogP contribution in [0.15, 0.2) is 18.2 Å². The molecule has 20 heavy (non-hydrogen) atoms. The lowest BCUT2D eigenvalue weighted by atomic mass is 9.98. The van der Waals surface area contributed by atoms with Gasteiger partial charge in [-0.15, -0.1) is 0 Å². The van der Waals surface area contributed by atoms with Crippen molar-refractivity contribution in [2.24, 2.45) is 0 Å². The van der Waals surface area contributed by atoms with Crippen molar-refractivity contribution in [2.75, 3.05) is 6.61 Å². The smallest absolute Gasteiger partial charge is 0.120 e. The second kappa shape index (κ2) is 5.38. The summed E-state index contributed by atoms with van der Waals surface area (Å²) in [5.74, 6) is 0.965. The van der Waals surface area contributed by atoms with Crippen LogP contribution in [0.2, 0.25) is 0 Å². The molecule has 1 aromatic rings. The molecular weight excluding hydrogens is 250 g/mol. The van der Waals surface area contributed by atoms with Gasteiger partial charge in [0.25, 0.3) is 0 Å². The molecule has 2 aliphatic carbocycles. The lowest BCUT2D eigenvalue weighted by Crippen LogP contribution is -2.48. The van der Waals surface area contributed by atoms with E-state index in [1.54, 1.807) is 0 Å². The van der Waals surface area contributed by atoms with Crippen LogP contribution < -0.4 is 10.1 Å². The number of rotatable bonds is 5. The van der Waals surface area contributed by atoms with Gasteiger partial charge in [0.1, 0.15) is 11.9 Å². The van der Waals surface area contributed by atoms with Crippen LogP contribution in [0.5, 0.6) is 5.75 Å². The van der Waals surface area contributed by atoms with Crippen molar-refractivity contribution in [3.63, 3.8) is 0 Å². The van der Waals surface area contributed by atoms with Gasteiger partial charge < -0.3 is 15.2 Å². The molecule has 3 nitrogen and oxygen atoms in total. The van der Waals surface area contributed by atoms with Crippen LogP contribution in [-0.2, 0) is 0 Å². The van der Waals surface area contributed by atoms with E-state index in [9.17, 15) is 5.11 Å². The van der Waals surface area contributed by atoms with Crippen LogP contribution in [0.1, 0.15) is 43.2 Å². The average molecular weight is 275 g/mol. The second-order valence-corrected chi connectivity index (χ2v) is 6.66. The van der Waals surface area contributed by atoms with E-state index in [-0.39, 0.29) is 18.2 Å². The second-order valence-electron chi connectivity index (χ2n) is 6.66. The molecule has 0 radical (unpaired) electrons. The zero-order chi connectivity index (χ0) is 14.2. The van der Waals surface area contributed by atoms with E-state index in [0.717, 1.165) is 25.0 Å². The van der Waals surface area contributed by atoms with Crippen LogP contribution >= 0.6 is 0 Å². The molecule has 2 aliphatic rings. The summed E-state index contributed by atoms with van der Waals surface area (Å²) in [6, 6.07) is 6.98. The van der Waals surface area contributed by atoms with E-state index >= 15 is 0 Å². The number of benzene rings is 1. The molecule has 1 aromatic carbocycles. The van der Waals surface area contributed by atoms with Gasteiger partial charge in [-0.2, -0.15) is 0 Å². The Morgan fingerprint density at radius 2 is 1.90 bits per heavy atom. The molecule has 3 heteroatoms. The Kier molecular flexibility index (Phi) is 3.74. The van der Waals surface area contributed by atoms with Crippen molar-refractivity contribution in [1.29, 1.82) is 0 Å². The number of aryl methyl sites for hydroxylation is 2. The highest BCUT2D eigenvalue weighted by molar-refractivity contribution is 5.33. The molecule has 2 unspecified atom stereocenters. The molecule has 0 bridgehead atoms. The molecule has 2 saturated carbocycles. The van der Waals surface area contributed by atoms with E-state index in [1.807, 2.05) is 0 Å². The number of hydrogen-bond acceptors (Lipinski definition) is 3. The molecule has 0 aromatic heterocycles. The van der Waals surface area contributed by atoms with E-state index in [4.69, 9.17) is 4.74 Å². The highest BCUT2D eigenvalue weighted by Crippen LogP contribution is 2.36. The molecule has 0 spiro atoms. The minimum atomic E-state index is -0.106. The van der Waals surface area contributed by atoms with E-state index in [0.29, 0.717) is 6.04 Å². The number of hydrogen-bond donors (Lipinski definition) is 2. The van der Waals surface area contributed by atoms with Crippen LogP contribution in [0, 0.1) is 13.8 Å². The lowest BCUT2D eigenvalue weighted by molar-refractivity contribution is 0.139. The number of ether oxygens (including phenoxy) is 1. The first kappa shape index (κ1) is 13.9. The third kappa shape index (κ3) is 3.15. The molecule has 0 saturated heterocycles. The Hall–Kier alpha value is -1.06. The van der Waals surface area contributed by atoms with Gasteiger partial charge in [-0.3, -0.25) is 0 Å². The van der Waals surface area contributed by atoms with E-state index < -0.39 is 0 Å². The fraction of sp³-hybridized carbons (Fsp3) is 0.647. The summed E-state index contributed by atoms with van der Waals surface area (Å²) in [6.45, 7) is 4.42. The molecule has 2 N–H and O–H groups in total. The van der Waals surface area contributed by atoms with Crippen LogP contribution in [-0.4, -0.2) is 29.4 Å². The van der Waals surface area contributed by atoms with Crippen LogP contribution in [0.25, 0.3) is 0 Å². The lowest BCUT2D eigenvalue weighted by Gasteiger charge is -2.28. The third-order valence-electron chi connectivity index (χ3n) is 4.45. The molecular formula is C17H25NO2. The molecule has 0 heterocycles. The number of nitrogens with one attached hydrogen (secondary N) is 1. The fourth-order valence-corrected chi connectivity index (χ4v) is 3.35. The monoisotopic (exact) mass is 275 g/mol. The largest absolute Gasteiger partial charge is 0.490 e. The first-order valence-corrected chi connectivity index (χ1v) is 7.72. The van der Waals surface area contributed by atoms with Gasteiger partial charge in [-0.25, -0.2) is 0 Å². The summed E-state index contributed by atoms with van der Waals surface area (Å²) in [4.78, 5) is 0. The normalized spacial score (nSPS) is 29.6. The maximum absolute atomic E-state index is 9.75. The molecule has 2 fully saturated rings. The maximum Gasteiger partial charge on any atom is 0.120 e. The van der Waals surface area contributed by atoms with Gasteiger partial charge in [0.05, 0.1) is 6.61 Å². The van der Waals surface area contributed by atoms with Crippen LogP contribution in [0.4, 0.5) is 0 Å². The maximum atomic E-state index is 9.75. The fourth-order valence-electron chi connectivity index (χ4n) is 3.35. The predicted molar refractivity (Wildman–Crippen MR) is 80.2 cm³/mol.